The topological polar surface area (TPSA) is 111 Å². The highest BCUT2D eigenvalue weighted by molar-refractivity contribution is 6.04. The van der Waals surface area contributed by atoms with Gasteiger partial charge < -0.3 is 14.8 Å². The van der Waals surface area contributed by atoms with Gasteiger partial charge >= 0.3 is 18.0 Å². The molecule has 0 radical (unpaired) electrons. The first-order chi connectivity index (χ1) is 11.0. The Balaban J connectivity index is 2.60. The third kappa shape index (κ3) is 5.62. The van der Waals surface area contributed by atoms with Gasteiger partial charge in [0.15, 0.2) is 6.61 Å². The van der Waals surface area contributed by atoms with E-state index in [1.54, 1.807) is 6.07 Å². The van der Waals surface area contributed by atoms with E-state index in [2.05, 4.69) is 16.6 Å². The van der Waals surface area contributed by atoms with Gasteiger partial charge in [-0.05, 0) is 12.1 Å². The molecule has 0 unspecified atom stereocenters. The Morgan fingerprint density at radius 3 is 2.30 bits per heavy atom. The zero-order valence-corrected chi connectivity index (χ0v) is 12.5. The summed E-state index contributed by atoms with van der Waals surface area (Å²) in [6.07, 6.45) is 1.44. The number of benzene rings is 1. The summed E-state index contributed by atoms with van der Waals surface area (Å²) in [6.45, 7) is 2.91. The fourth-order valence-electron chi connectivity index (χ4n) is 1.53. The van der Waals surface area contributed by atoms with Gasteiger partial charge in [0.25, 0.3) is 5.91 Å². The number of imide groups is 1. The zero-order valence-electron chi connectivity index (χ0n) is 12.5. The number of ether oxygens (including phenoxy) is 2. The van der Waals surface area contributed by atoms with Crippen LogP contribution in [0.3, 0.4) is 0 Å². The molecule has 0 aliphatic carbocycles. The van der Waals surface area contributed by atoms with Crippen molar-refractivity contribution in [2.24, 2.45) is 0 Å². The first kappa shape index (κ1) is 17.9. The summed E-state index contributed by atoms with van der Waals surface area (Å²) in [5.74, 6) is -2.39. The van der Waals surface area contributed by atoms with E-state index < -0.39 is 30.5 Å². The number of hydrogen-bond donors (Lipinski definition) is 2. The van der Waals surface area contributed by atoms with Crippen LogP contribution in [0.5, 0.6) is 0 Å². The van der Waals surface area contributed by atoms with Crippen LogP contribution < -0.4 is 10.6 Å². The summed E-state index contributed by atoms with van der Waals surface area (Å²) in [5, 5.41) is 4.29. The van der Waals surface area contributed by atoms with E-state index in [-0.39, 0.29) is 17.7 Å². The van der Waals surface area contributed by atoms with Gasteiger partial charge in [-0.3, -0.25) is 10.1 Å². The van der Waals surface area contributed by atoms with Crippen LogP contribution in [-0.2, 0) is 14.3 Å². The highest BCUT2D eigenvalue weighted by atomic mass is 16.5. The van der Waals surface area contributed by atoms with E-state index in [1.807, 2.05) is 5.32 Å². The monoisotopic (exact) mass is 320 g/mol. The maximum atomic E-state index is 11.9. The molecule has 0 saturated carbocycles. The number of nitrogens with one attached hydrogen (secondary N) is 2. The van der Waals surface area contributed by atoms with Gasteiger partial charge in [-0.2, -0.15) is 0 Å². The number of urea groups is 1. The van der Waals surface area contributed by atoms with Crippen molar-refractivity contribution in [1.82, 2.24) is 10.6 Å². The molecule has 1 aromatic rings. The highest BCUT2D eigenvalue weighted by Crippen LogP contribution is 2.11. The Hall–Kier alpha value is -3.16. The first-order valence-electron chi connectivity index (χ1n) is 6.52. The number of carbonyl (C=O) groups excluding carboxylic acids is 4. The van der Waals surface area contributed by atoms with Crippen molar-refractivity contribution in [3.05, 3.63) is 48.0 Å². The summed E-state index contributed by atoms with van der Waals surface area (Å²) < 4.78 is 9.33. The lowest BCUT2D eigenvalue weighted by Gasteiger charge is -2.08. The van der Waals surface area contributed by atoms with Gasteiger partial charge in [0.2, 0.25) is 0 Å². The van der Waals surface area contributed by atoms with E-state index in [1.165, 1.54) is 31.4 Å². The van der Waals surface area contributed by atoms with Crippen molar-refractivity contribution in [2.45, 2.75) is 0 Å². The van der Waals surface area contributed by atoms with Crippen LogP contribution in [0.25, 0.3) is 0 Å². The number of esters is 2. The molecular formula is C15H16N2O6. The van der Waals surface area contributed by atoms with Crippen LogP contribution in [0.15, 0.2) is 36.9 Å². The summed E-state index contributed by atoms with van der Waals surface area (Å²) in [5.41, 5.74) is -0.0209. The predicted molar refractivity (Wildman–Crippen MR) is 79.8 cm³/mol. The Kier molecular flexibility index (Phi) is 6.99. The van der Waals surface area contributed by atoms with Crippen LogP contribution in [-0.4, -0.2) is 44.1 Å². The van der Waals surface area contributed by atoms with Crippen molar-refractivity contribution in [1.29, 1.82) is 0 Å². The van der Waals surface area contributed by atoms with Crippen molar-refractivity contribution < 1.29 is 28.7 Å². The fourth-order valence-corrected chi connectivity index (χ4v) is 1.53. The summed E-state index contributed by atoms with van der Waals surface area (Å²) in [6, 6.07) is 5.11. The second-order valence-corrected chi connectivity index (χ2v) is 4.16. The van der Waals surface area contributed by atoms with E-state index in [0.29, 0.717) is 0 Å². The lowest BCUT2D eigenvalue weighted by molar-refractivity contribution is -0.123. The summed E-state index contributed by atoms with van der Waals surface area (Å²) in [7, 11) is 1.18. The van der Waals surface area contributed by atoms with Crippen LogP contribution in [0, 0.1) is 0 Å². The molecule has 0 aliphatic rings. The fraction of sp³-hybridized carbons (Fsp3) is 0.200. The lowest BCUT2D eigenvalue weighted by Crippen LogP contribution is -2.41. The zero-order chi connectivity index (χ0) is 17.2. The van der Waals surface area contributed by atoms with Crippen LogP contribution in [0.1, 0.15) is 20.7 Å². The molecule has 0 atom stereocenters. The maximum absolute atomic E-state index is 11.9. The number of rotatable bonds is 6. The van der Waals surface area contributed by atoms with Crippen LogP contribution >= 0.6 is 0 Å². The van der Waals surface area contributed by atoms with Crippen molar-refractivity contribution in [2.75, 3.05) is 20.3 Å². The molecular weight excluding hydrogens is 304 g/mol. The molecule has 0 spiro atoms. The molecule has 0 heterocycles. The highest BCUT2D eigenvalue weighted by Gasteiger charge is 2.19. The maximum Gasteiger partial charge on any atom is 0.339 e. The Morgan fingerprint density at radius 2 is 1.74 bits per heavy atom. The van der Waals surface area contributed by atoms with Gasteiger partial charge in [-0.15, -0.1) is 6.58 Å². The Morgan fingerprint density at radius 1 is 1.13 bits per heavy atom. The molecule has 3 amide bonds. The Bertz CT molecular complexity index is 626. The quantitative estimate of drug-likeness (QED) is 0.588. The van der Waals surface area contributed by atoms with E-state index in [9.17, 15) is 19.2 Å². The Labute approximate surface area is 132 Å². The third-order valence-corrected chi connectivity index (χ3v) is 2.55. The molecule has 0 aliphatic heterocycles. The average molecular weight is 320 g/mol. The number of hydrogen-bond acceptors (Lipinski definition) is 6. The lowest BCUT2D eigenvalue weighted by atomic mass is 10.1. The molecule has 122 valence electrons. The number of methoxy groups -OCH3 is 1. The van der Waals surface area contributed by atoms with Gasteiger partial charge in [0.1, 0.15) is 0 Å². The molecule has 0 bridgehead atoms. The molecule has 0 aromatic heterocycles. The van der Waals surface area contributed by atoms with E-state index in [4.69, 9.17) is 4.74 Å². The second kappa shape index (κ2) is 8.98. The molecule has 8 heteroatoms. The van der Waals surface area contributed by atoms with Gasteiger partial charge in [0, 0.05) is 6.54 Å². The van der Waals surface area contributed by atoms with Crippen LogP contribution in [0.2, 0.25) is 0 Å². The van der Waals surface area contributed by atoms with Crippen molar-refractivity contribution in [3.8, 4) is 0 Å². The molecule has 8 nitrogen and oxygen atoms in total. The van der Waals surface area contributed by atoms with E-state index in [0.717, 1.165) is 0 Å². The largest absolute Gasteiger partial charge is 0.465 e. The summed E-state index contributed by atoms with van der Waals surface area (Å²) >= 11 is 0. The van der Waals surface area contributed by atoms with E-state index >= 15 is 0 Å². The molecule has 1 aromatic carbocycles. The number of carbonyl (C=O) groups is 4. The third-order valence-electron chi connectivity index (χ3n) is 2.55. The minimum Gasteiger partial charge on any atom is -0.465 e. The van der Waals surface area contributed by atoms with Crippen LogP contribution in [0.4, 0.5) is 4.79 Å². The van der Waals surface area contributed by atoms with Gasteiger partial charge in [-0.25, -0.2) is 14.4 Å². The SMILES string of the molecule is C=CCNC(=O)NC(=O)COC(=O)c1ccccc1C(=O)OC. The molecule has 23 heavy (non-hydrogen) atoms. The average Bonchev–Trinajstić information content (AvgIpc) is 2.57. The van der Waals surface area contributed by atoms with Crippen molar-refractivity contribution >= 4 is 23.9 Å². The normalized spacial score (nSPS) is 9.43. The predicted octanol–water partition coefficient (Wildman–Crippen LogP) is 0.642. The van der Waals surface area contributed by atoms with Gasteiger partial charge in [0.05, 0.1) is 18.2 Å². The minimum atomic E-state index is -0.882. The second-order valence-electron chi connectivity index (χ2n) is 4.16. The molecule has 2 N–H and O–H groups in total. The van der Waals surface area contributed by atoms with Crippen molar-refractivity contribution in [3.63, 3.8) is 0 Å². The minimum absolute atomic E-state index is 0.0177. The molecule has 1 rings (SSSR count). The smallest absolute Gasteiger partial charge is 0.339 e. The first-order valence-corrected chi connectivity index (χ1v) is 6.52. The molecule has 0 saturated heterocycles. The standard InChI is InChI=1S/C15H16N2O6/c1-3-8-16-15(21)17-12(18)9-23-14(20)11-7-5-4-6-10(11)13(19)22-2/h3-7H,1,8-9H2,2H3,(H2,16,17,18,21). The summed E-state index contributed by atoms with van der Waals surface area (Å²) in [4.78, 5) is 46.2. The van der Waals surface area contributed by atoms with Gasteiger partial charge in [-0.1, -0.05) is 18.2 Å². The number of amides is 3. The molecule has 0 fully saturated rings.